The van der Waals surface area contributed by atoms with Crippen molar-refractivity contribution in [3.63, 3.8) is 0 Å². The summed E-state index contributed by atoms with van der Waals surface area (Å²) >= 11 is 6.16. The number of aliphatic carboxylic acids is 1. The van der Waals surface area contributed by atoms with Crippen LogP contribution in [0.5, 0.6) is 5.75 Å². The molecule has 1 heterocycles. The Hall–Kier alpha value is -3.10. The van der Waals surface area contributed by atoms with Crippen LogP contribution < -0.4 is 4.74 Å². The summed E-state index contributed by atoms with van der Waals surface area (Å²) in [5.41, 5.74) is 1.10. The summed E-state index contributed by atoms with van der Waals surface area (Å²) in [5, 5.41) is 8.68. The first kappa shape index (κ1) is 27.5. The van der Waals surface area contributed by atoms with E-state index in [2.05, 4.69) is 4.98 Å². The summed E-state index contributed by atoms with van der Waals surface area (Å²) < 4.78 is 45.8. The molecular formula is C27H28ClF3N2O3. The minimum atomic E-state index is -4.53. The third-order valence-electron chi connectivity index (χ3n) is 5.64. The summed E-state index contributed by atoms with van der Waals surface area (Å²) in [4.78, 5) is 17.4. The second kappa shape index (κ2) is 12.7. The fourth-order valence-corrected chi connectivity index (χ4v) is 4.24. The highest BCUT2D eigenvalue weighted by atomic mass is 35.5. The average molecular weight is 521 g/mol. The van der Waals surface area contributed by atoms with Gasteiger partial charge in [0.1, 0.15) is 5.75 Å². The number of carbonyl (C=O) groups is 1. The first-order valence-corrected chi connectivity index (χ1v) is 11.9. The third-order valence-corrected chi connectivity index (χ3v) is 6.09. The molecule has 1 aromatic heterocycles. The minimum Gasteiger partial charge on any atom is -0.494 e. The molecule has 5 nitrogen and oxygen atoms in total. The van der Waals surface area contributed by atoms with E-state index < -0.39 is 17.7 Å². The van der Waals surface area contributed by atoms with Crippen molar-refractivity contribution in [1.82, 2.24) is 9.88 Å². The number of hydrogen-bond donors (Lipinski definition) is 1. The van der Waals surface area contributed by atoms with Crippen LogP contribution in [-0.4, -0.2) is 40.7 Å². The predicted octanol–water partition coefficient (Wildman–Crippen LogP) is 6.46. The van der Waals surface area contributed by atoms with Crippen LogP contribution in [0.15, 0.2) is 66.9 Å². The van der Waals surface area contributed by atoms with Crippen molar-refractivity contribution >= 4 is 17.6 Å². The summed E-state index contributed by atoms with van der Waals surface area (Å²) in [6, 6.07) is 16.5. The second-order valence-electron chi connectivity index (χ2n) is 8.59. The van der Waals surface area contributed by atoms with Crippen LogP contribution in [0.4, 0.5) is 13.2 Å². The SMILES string of the molecule is C[C@@H](CN(CCCOc1cccc(CC(=O)O)c1)Cc1cccc(C(F)(F)F)c1Cl)c1ccccn1. The van der Waals surface area contributed by atoms with Crippen molar-refractivity contribution in [3.05, 3.63) is 94.3 Å². The number of halogens is 4. The average Bonchev–Trinajstić information content (AvgIpc) is 2.82. The van der Waals surface area contributed by atoms with Gasteiger partial charge in [0.15, 0.2) is 0 Å². The number of pyridine rings is 1. The Kier molecular flexibility index (Phi) is 9.73. The lowest BCUT2D eigenvalue weighted by atomic mass is 10.0. The van der Waals surface area contributed by atoms with E-state index >= 15 is 0 Å². The number of ether oxygens (including phenoxy) is 1. The molecule has 36 heavy (non-hydrogen) atoms. The van der Waals surface area contributed by atoms with Gasteiger partial charge in [-0.3, -0.25) is 14.7 Å². The second-order valence-corrected chi connectivity index (χ2v) is 8.97. The maximum atomic E-state index is 13.4. The van der Waals surface area contributed by atoms with E-state index in [1.165, 1.54) is 6.07 Å². The lowest BCUT2D eigenvalue weighted by Crippen LogP contribution is -2.30. The number of carboxylic acids is 1. The van der Waals surface area contributed by atoms with Crippen LogP contribution in [0.25, 0.3) is 0 Å². The highest BCUT2D eigenvalue weighted by Crippen LogP contribution is 2.36. The normalized spacial score (nSPS) is 12.5. The maximum absolute atomic E-state index is 13.4. The number of hydrogen-bond acceptors (Lipinski definition) is 4. The molecule has 0 fully saturated rings. The fraction of sp³-hybridized carbons (Fsp3) is 0.333. The van der Waals surface area contributed by atoms with Crippen LogP contribution in [0.2, 0.25) is 5.02 Å². The fourth-order valence-electron chi connectivity index (χ4n) is 3.94. The Morgan fingerprint density at radius 3 is 2.61 bits per heavy atom. The molecule has 0 aliphatic heterocycles. The van der Waals surface area contributed by atoms with Gasteiger partial charge in [-0.05, 0) is 47.9 Å². The zero-order chi connectivity index (χ0) is 26.1. The maximum Gasteiger partial charge on any atom is 0.417 e. The number of benzene rings is 2. The third kappa shape index (κ3) is 8.24. The Morgan fingerprint density at radius 1 is 1.14 bits per heavy atom. The van der Waals surface area contributed by atoms with Gasteiger partial charge in [-0.25, -0.2) is 0 Å². The van der Waals surface area contributed by atoms with Gasteiger partial charge in [0.25, 0.3) is 0 Å². The number of carboxylic acid groups (broad SMARTS) is 1. The number of alkyl halides is 3. The number of rotatable bonds is 12. The van der Waals surface area contributed by atoms with E-state index in [4.69, 9.17) is 21.4 Å². The topological polar surface area (TPSA) is 62.7 Å². The van der Waals surface area contributed by atoms with E-state index in [-0.39, 0.29) is 23.9 Å². The van der Waals surface area contributed by atoms with Crippen LogP contribution >= 0.6 is 11.6 Å². The van der Waals surface area contributed by atoms with Crippen LogP contribution in [0, 0.1) is 0 Å². The quantitative estimate of drug-likeness (QED) is 0.278. The molecule has 0 saturated carbocycles. The molecule has 3 aromatic rings. The minimum absolute atomic E-state index is 0.0457. The van der Waals surface area contributed by atoms with Gasteiger partial charge < -0.3 is 9.84 Å². The summed E-state index contributed by atoms with van der Waals surface area (Å²) in [5.74, 6) is -0.300. The molecule has 0 aliphatic rings. The molecule has 192 valence electrons. The Labute approximate surface area is 213 Å². The number of aromatic nitrogens is 1. The van der Waals surface area contributed by atoms with Crippen LogP contribution in [0.3, 0.4) is 0 Å². The Balaban J connectivity index is 1.68. The summed E-state index contributed by atoms with van der Waals surface area (Å²) in [6.07, 6.45) is -2.29. The van der Waals surface area contributed by atoms with E-state index in [9.17, 15) is 18.0 Å². The largest absolute Gasteiger partial charge is 0.494 e. The molecular weight excluding hydrogens is 493 g/mol. The van der Waals surface area contributed by atoms with E-state index in [0.717, 1.165) is 11.8 Å². The highest BCUT2D eigenvalue weighted by molar-refractivity contribution is 6.32. The van der Waals surface area contributed by atoms with Gasteiger partial charge in [-0.2, -0.15) is 13.2 Å². The van der Waals surface area contributed by atoms with Crippen molar-refractivity contribution in [3.8, 4) is 5.75 Å². The Bertz CT molecular complexity index is 1140. The van der Waals surface area contributed by atoms with Gasteiger partial charge in [-0.1, -0.05) is 48.9 Å². The van der Waals surface area contributed by atoms with E-state index in [1.54, 1.807) is 36.5 Å². The molecule has 3 rings (SSSR count). The zero-order valence-electron chi connectivity index (χ0n) is 19.8. The lowest BCUT2D eigenvalue weighted by Gasteiger charge is -2.26. The first-order valence-electron chi connectivity index (χ1n) is 11.5. The van der Waals surface area contributed by atoms with Crippen molar-refractivity contribution in [1.29, 1.82) is 0 Å². The molecule has 0 bridgehead atoms. The molecule has 1 N–H and O–H groups in total. The molecule has 9 heteroatoms. The first-order chi connectivity index (χ1) is 17.1. The Morgan fingerprint density at radius 2 is 1.92 bits per heavy atom. The van der Waals surface area contributed by atoms with Gasteiger partial charge in [0.05, 0.1) is 23.6 Å². The molecule has 2 aromatic carbocycles. The standard InChI is InChI=1S/C27H28ClF3N2O3/c1-19(24-11-2-3-12-32-24)17-33(18-21-8-5-10-23(26(21)28)27(29,30)31)13-6-14-36-22-9-4-7-20(15-22)16-25(34)35/h2-5,7-12,15,19H,6,13-14,16-18H2,1H3,(H,34,35)/t19-/m0/s1. The van der Waals surface area contributed by atoms with Gasteiger partial charge in [0.2, 0.25) is 0 Å². The predicted molar refractivity (Wildman–Crippen MR) is 132 cm³/mol. The zero-order valence-corrected chi connectivity index (χ0v) is 20.6. The smallest absolute Gasteiger partial charge is 0.417 e. The monoisotopic (exact) mass is 520 g/mol. The van der Waals surface area contributed by atoms with Crippen molar-refractivity contribution < 1.29 is 27.8 Å². The van der Waals surface area contributed by atoms with Gasteiger partial charge in [0, 0.05) is 37.4 Å². The van der Waals surface area contributed by atoms with Gasteiger partial charge in [-0.15, -0.1) is 0 Å². The summed E-state index contributed by atoms with van der Waals surface area (Å²) in [7, 11) is 0. The van der Waals surface area contributed by atoms with Crippen LogP contribution in [0.1, 0.15) is 41.6 Å². The lowest BCUT2D eigenvalue weighted by molar-refractivity contribution is -0.138. The summed E-state index contributed by atoms with van der Waals surface area (Å²) in [6.45, 7) is 3.75. The molecule has 0 unspecified atom stereocenters. The molecule has 0 amide bonds. The molecule has 1 atom stereocenters. The van der Waals surface area contributed by atoms with E-state index in [0.29, 0.717) is 43.0 Å². The molecule has 0 saturated heterocycles. The highest BCUT2D eigenvalue weighted by Gasteiger charge is 2.34. The van der Waals surface area contributed by atoms with Crippen molar-refractivity contribution in [2.24, 2.45) is 0 Å². The van der Waals surface area contributed by atoms with Gasteiger partial charge >= 0.3 is 12.1 Å². The van der Waals surface area contributed by atoms with Crippen LogP contribution in [-0.2, 0) is 23.9 Å². The van der Waals surface area contributed by atoms with Crippen molar-refractivity contribution in [2.75, 3.05) is 19.7 Å². The van der Waals surface area contributed by atoms with E-state index in [1.807, 2.05) is 30.0 Å². The molecule has 0 radical (unpaired) electrons. The molecule has 0 aliphatic carbocycles. The van der Waals surface area contributed by atoms with Crippen molar-refractivity contribution in [2.45, 2.75) is 38.4 Å². The molecule has 0 spiro atoms. The number of nitrogens with zero attached hydrogens (tertiary/aromatic N) is 2.